The molecule has 0 bridgehead atoms. The Bertz CT molecular complexity index is 189. The molecule has 15 heavy (non-hydrogen) atoms. The van der Waals surface area contributed by atoms with Crippen LogP contribution in [0.4, 0.5) is 0 Å². The minimum Gasteiger partial charge on any atom is -0.381 e. The molecule has 88 valence electrons. The van der Waals surface area contributed by atoms with Gasteiger partial charge in [-0.2, -0.15) is 0 Å². The minimum atomic E-state index is 0.269. The van der Waals surface area contributed by atoms with Crippen molar-refractivity contribution in [1.82, 2.24) is 10.2 Å². The third-order valence-electron chi connectivity index (χ3n) is 2.89. The first-order valence-electron chi connectivity index (χ1n) is 5.79. The molecule has 1 amide bonds. The molecular weight excluding hydrogens is 192 g/mol. The highest BCUT2D eigenvalue weighted by molar-refractivity contribution is 5.76. The maximum Gasteiger partial charge on any atom is 0.223 e. The Labute approximate surface area is 92.0 Å². The first-order chi connectivity index (χ1) is 7.27. The summed E-state index contributed by atoms with van der Waals surface area (Å²) in [6.45, 7) is 5.47. The Morgan fingerprint density at radius 3 is 2.67 bits per heavy atom. The molecule has 0 saturated carbocycles. The second kappa shape index (κ2) is 6.80. The Morgan fingerprint density at radius 2 is 2.13 bits per heavy atom. The molecule has 1 saturated heterocycles. The lowest BCUT2D eigenvalue weighted by Gasteiger charge is -2.31. The monoisotopic (exact) mass is 214 g/mol. The largest absolute Gasteiger partial charge is 0.381 e. The van der Waals surface area contributed by atoms with Crippen molar-refractivity contribution >= 4 is 5.91 Å². The number of methoxy groups -OCH3 is 1. The molecule has 0 aliphatic carbocycles. The van der Waals surface area contributed by atoms with Crippen LogP contribution in [0.1, 0.15) is 26.2 Å². The van der Waals surface area contributed by atoms with E-state index in [0.29, 0.717) is 12.5 Å². The molecular formula is C11H22N2O2. The molecule has 1 aliphatic heterocycles. The molecule has 1 rings (SSSR count). The zero-order valence-electron chi connectivity index (χ0n) is 9.79. The number of nitrogens with zero attached hydrogens (tertiary/aromatic N) is 1. The molecule has 0 aromatic carbocycles. The predicted octanol–water partition coefficient (Wildman–Crippen LogP) is 0.623. The lowest BCUT2D eigenvalue weighted by molar-refractivity contribution is -0.133. The standard InChI is InChI=1S/C11H22N2O2/c1-3-12-7-4-11(14)13-8-5-10(15-2)6-9-13/h10,12H,3-9H2,1-2H3. The molecule has 1 heterocycles. The molecule has 0 spiro atoms. The SMILES string of the molecule is CCNCCC(=O)N1CCC(OC)CC1. The van der Waals surface area contributed by atoms with Gasteiger partial charge in [-0.1, -0.05) is 6.92 Å². The van der Waals surface area contributed by atoms with Crippen molar-refractivity contribution in [3.05, 3.63) is 0 Å². The van der Waals surface area contributed by atoms with Gasteiger partial charge in [0.2, 0.25) is 5.91 Å². The first-order valence-corrected chi connectivity index (χ1v) is 5.79. The fourth-order valence-corrected chi connectivity index (χ4v) is 1.87. The number of carbonyl (C=O) groups excluding carboxylic acids is 1. The van der Waals surface area contributed by atoms with Crippen LogP contribution >= 0.6 is 0 Å². The van der Waals surface area contributed by atoms with Crippen molar-refractivity contribution < 1.29 is 9.53 Å². The molecule has 1 N–H and O–H groups in total. The highest BCUT2D eigenvalue weighted by atomic mass is 16.5. The summed E-state index contributed by atoms with van der Waals surface area (Å²) in [4.78, 5) is 13.7. The van der Waals surface area contributed by atoms with Crippen LogP contribution < -0.4 is 5.32 Å². The number of hydrogen-bond donors (Lipinski definition) is 1. The molecule has 0 unspecified atom stereocenters. The summed E-state index contributed by atoms with van der Waals surface area (Å²) in [5.41, 5.74) is 0. The van der Waals surface area contributed by atoms with Gasteiger partial charge in [-0.15, -0.1) is 0 Å². The average molecular weight is 214 g/mol. The number of nitrogens with one attached hydrogen (secondary N) is 1. The average Bonchev–Trinajstić information content (AvgIpc) is 2.29. The topological polar surface area (TPSA) is 41.6 Å². The van der Waals surface area contributed by atoms with Crippen LogP contribution in [0.3, 0.4) is 0 Å². The van der Waals surface area contributed by atoms with Gasteiger partial charge in [0.25, 0.3) is 0 Å². The molecule has 4 nitrogen and oxygen atoms in total. The number of rotatable bonds is 5. The number of hydrogen-bond acceptors (Lipinski definition) is 3. The van der Waals surface area contributed by atoms with Gasteiger partial charge in [-0.3, -0.25) is 4.79 Å². The highest BCUT2D eigenvalue weighted by Gasteiger charge is 2.21. The summed E-state index contributed by atoms with van der Waals surface area (Å²) >= 11 is 0. The van der Waals surface area contributed by atoms with Gasteiger partial charge in [0.05, 0.1) is 6.10 Å². The quantitative estimate of drug-likeness (QED) is 0.682. The van der Waals surface area contributed by atoms with Gasteiger partial charge in [0.15, 0.2) is 0 Å². The van der Waals surface area contributed by atoms with E-state index in [9.17, 15) is 4.79 Å². The van der Waals surface area contributed by atoms with Crippen LogP contribution in [0.25, 0.3) is 0 Å². The fourth-order valence-electron chi connectivity index (χ4n) is 1.87. The Hall–Kier alpha value is -0.610. The molecule has 1 aliphatic rings. The molecule has 0 aromatic heterocycles. The number of amides is 1. The van der Waals surface area contributed by atoms with E-state index in [1.54, 1.807) is 7.11 Å². The third-order valence-corrected chi connectivity index (χ3v) is 2.89. The summed E-state index contributed by atoms with van der Waals surface area (Å²) in [5, 5.41) is 3.17. The van der Waals surface area contributed by atoms with E-state index in [2.05, 4.69) is 12.2 Å². The number of ether oxygens (including phenoxy) is 1. The van der Waals surface area contributed by atoms with Crippen molar-refractivity contribution in [3.63, 3.8) is 0 Å². The summed E-state index contributed by atoms with van der Waals surface area (Å²) in [7, 11) is 1.74. The smallest absolute Gasteiger partial charge is 0.223 e. The molecule has 4 heteroatoms. The van der Waals surface area contributed by atoms with E-state index in [4.69, 9.17) is 4.74 Å². The van der Waals surface area contributed by atoms with Crippen LogP contribution in [-0.2, 0) is 9.53 Å². The zero-order chi connectivity index (χ0) is 11.1. The van der Waals surface area contributed by atoms with E-state index < -0.39 is 0 Å². The van der Waals surface area contributed by atoms with E-state index in [-0.39, 0.29) is 5.91 Å². The second-order valence-corrected chi connectivity index (χ2v) is 3.92. The maximum atomic E-state index is 11.7. The lowest BCUT2D eigenvalue weighted by Crippen LogP contribution is -2.41. The van der Waals surface area contributed by atoms with Crippen molar-refractivity contribution in [2.45, 2.75) is 32.3 Å². The van der Waals surface area contributed by atoms with Gasteiger partial charge < -0.3 is 15.0 Å². The van der Waals surface area contributed by atoms with Gasteiger partial charge in [-0.25, -0.2) is 0 Å². The molecule has 0 atom stereocenters. The van der Waals surface area contributed by atoms with Crippen molar-refractivity contribution in [2.75, 3.05) is 33.3 Å². The molecule has 0 aromatic rings. The van der Waals surface area contributed by atoms with Gasteiger partial charge >= 0.3 is 0 Å². The zero-order valence-corrected chi connectivity index (χ0v) is 9.79. The summed E-state index contributed by atoms with van der Waals surface area (Å²) in [6.07, 6.45) is 2.92. The molecule has 1 fully saturated rings. The highest BCUT2D eigenvalue weighted by Crippen LogP contribution is 2.13. The van der Waals surface area contributed by atoms with E-state index in [1.165, 1.54) is 0 Å². The Morgan fingerprint density at radius 1 is 1.47 bits per heavy atom. The van der Waals surface area contributed by atoms with Crippen LogP contribution in [0.2, 0.25) is 0 Å². The predicted molar refractivity (Wildman–Crippen MR) is 59.8 cm³/mol. The van der Waals surface area contributed by atoms with E-state index >= 15 is 0 Å². The normalized spacial score (nSPS) is 18.1. The van der Waals surface area contributed by atoms with Crippen LogP contribution in [-0.4, -0.2) is 50.2 Å². The summed E-state index contributed by atoms with van der Waals surface area (Å²) < 4.78 is 5.27. The van der Waals surface area contributed by atoms with Crippen LogP contribution in [0, 0.1) is 0 Å². The van der Waals surface area contributed by atoms with E-state index in [1.807, 2.05) is 4.90 Å². The number of piperidine rings is 1. The van der Waals surface area contributed by atoms with Crippen LogP contribution in [0.15, 0.2) is 0 Å². The van der Waals surface area contributed by atoms with Crippen molar-refractivity contribution in [3.8, 4) is 0 Å². The lowest BCUT2D eigenvalue weighted by atomic mass is 10.1. The van der Waals surface area contributed by atoms with Crippen molar-refractivity contribution in [2.24, 2.45) is 0 Å². The van der Waals surface area contributed by atoms with Crippen LogP contribution in [0.5, 0.6) is 0 Å². The second-order valence-electron chi connectivity index (χ2n) is 3.92. The van der Waals surface area contributed by atoms with Gasteiger partial charge in [0, 0.05) is 33.2 Å². The minimum absolute atomic E-state index is 0.269. The summed E-state index contributed by atoms with van der Waals surface area (Å²) in [6, 6.07) is 0. The maximum absolute atomic E-state index is 11.7. The molecule has 0 radical (unpaired) electrons. The Kier molecular flexibility index (Phi) is 5.65. The first kappa shape index (κ1) is 12.5. The Balaban J connectivity index is 2.18. The summed E-state index contributed by atoms with van der Waals surface area (Å²) in [5.74, 6) is 0.269. The van der Waals surface area contributed by atoms with Crippen molar-refractivity contribution in [1.29, 1.82) is 0 Å². The number of carbonyl (C=O) groups is 1. The van der Waals surface area contributed by atoms with Gasteiger partial charge in [-0.05, 0) is 19.4 Å². The third kappa shape index (κ3) is 4.18. The number of likely N-dealkylation sites (tertiary alicyclic amines) is 1. The fraction of sp³-hybridized carbons (Fsp3) is 0.909. The van der Waals surface area contributed by atoms with Gasteiger partial charge in [0.1, 0.15) is 0 Å². The van der Waals surface area contributed by atoms with E-state index in [0.717, 1.165) is 39.0 Å².